The van der Waals surface area contributed by atoms with E-state index in [0.717, 1.165) is 0 Å². The lowest BCUT2D eigenvalue weighted by Gasteiger charge is -2.28. The molecule has 0 aliphatic carbocycles. The third-order valence-corrected chi connectivity index (χ3v) is 6.54. The molecular formula is C16H22F5NO5Si. The molecule has 1 rings (SSSR count). The second-order valence-electron chi connectivity index (χ2n) is 5.30. The summed E-state index contributed by atoms with van der Waals surface area (Å²) in [5, 5.41) is 2.16. The molecule has 160 valence electrons. The molecule has 28 heavy (non-hydrogen) atoms. The van der Waals surface area contributed by atoms with Gasteiger partial charge in [0.05, 0.1) is 0 Å². The Morgan fingerprint density at radius 1 is 0.821 bits per heavy atom. The molecule has 0 radical (unpaired) electrons. The number of carbonyl (C=O) groups excluding carboxylic acids is 1. The molecule has 0 saturated heterocycles. The zero-order valence-corrected chi connectivity index (χ0v) is 16.7. The van der Waals surface area contributed by atoms with Crippen LogP contribution in [0.5, 0.6) is 5.75 Å². The lowest BCUT2D eigenvalue weighted by Crippen LogP contribution is -2.46. The van der Waals surface area contributed by atoms with Crippen molar-refractivity contribution in [1.82, 2.24) is 5.32 Å². The smallest absolute Gasteiger partial charge is 0.404 e. The van der Waals surface area contributed by atoms with Crippen LogP contribution in [0, 0.1) is 29.1 Å². The number of halogens is 5. The molecule has 0 aliphatic rings. The third-order valence-electron chi connectivity index (χ3n) is 3.39. The van der Waals surface area contributed by atoms with Crippen molar-refractivity contribution in [3.05, 3.63) is 29.1 Å². The normalized spacial score (nSPS) is 11.6. The van der Waals surface area contributed by atoms with Crippen molar-refractivity contribution in [3.63, 3.8) is 0 Å². The van der Waals surface area contributed by atoms with Gasteiger partial charge in [-0.25, -0.2) is 18.0 Å². The van der Waals surface area contributed by atoms with Gasteiger partial charge in [0.15, 0.2) is 0 Å². The Morgan fingerprint density at radius 3 is 1.68 bits per heavy atom. The van der Waals surface area contributed by atoms with E-state index < -0.39 is 49.7 Å². The van der Waals surface area contributed by atoms with Crippen LogP contribution in [-0.2, 0) is 13.3 Å². The van der Waals surface area contributed by atoms with Crippen LogP contribution < -0.4 is 10.1 Å². The number of carbonyl (C=O) groups is 1. The number of nitrogens with one attached hydrogen (secondary N) is 1. The first-order valence-corrected chi connectivity index (χ1v) is 10.5. The van der Waals surface area contributed by atoms with Crippen molar-refractivity contribution in [2.75, 3.05) is 26.4 Å². The van der Waals surface area contributed by atoms with E-state index in [4.69, 9.17) is 13.3 Å². The minimum absolute atomic E-state index is 0.0315. The van der Waals surface area contributed by atoms with Crippen LogP contribution in [0.15, 0.2) is 0 Å². The maximum absolute atomic E-state index is 13.5. The zero-order chi connectivity index (χ0) is 21.3. The number of hydrogen-bond acceptors (Lipinski definition) is 5. The van der Waals surface area contributed by atoms with Crippen molar-refractivity contribution in [1.29, 1.82) is 0 Å². The van der Waals surface area contributed by atoms with Gasteiger partial charge in [0.1, 0.15) is 0 Å². The maximum Gasteiger partial charge on any atom is 0.500 e. The second-order valence-corrected chi connectivity index (χ2v) is 8.03. The summed E-state index contributed by atoms with van der Waals surface area (Å²) < 4.78 is 87.2. The van der Waals surface area contributed by atoms with E-state index in [-0.39, 0.29) is 6.54 Å². The molecule has 6 nitrogen and oxygen atoms in total. The predicted molar refractivity (Wildman–Crippen MR) is 90.3 cm³/mol. The first kappa shape index (κ1) is 24.3. The molecule has 0 unspecified atom stereocenters. The summed E-state index contributed by atoms with van der Waals surface area (Å²) in [5.74, 6) is -12.9. The van der Waals surface area contributed by atoms with Gasteiger partial charge in [0.2, 0.25) is 34.8 Å². The van der Waals surface area contributed by atoms with Crippen molar-refractivity contribution >= 4 is 14.9 Å². The van der Waals surface area contributed by atoms with E-state index in [1.807, 2.05) is 0 Å². The van der Waals surface area contributed by atoms with E-state index in [1.54, 1.807) is 20.8 Å². The quantitative estimate of drug-likeness (QED) is 0.189. The van der Waals surface area contributed by atoms with Crippen molar-refractivity contribution in [3.8, 4) is 5.75 Å². The second kappa shape index (κ2) is 11.3. The van der Waals surface area contributed by atoms with Gasteiger partial charge in [-0.2, -0.15) is 8.78 Å². The standard InChI is InChI=1S/C16H22F5NO5Si/c1-4-24-28(25-5-2,26-6-3)9-7-8-22-16(23)27-15-13(20)11(18)10(17)12(19)14(15)21/h4-9H2,1-3H3,(H,22,23). The monoisotopic (exact) mass is 431 g/mol. The summed E-state index contributed by atoms with van der Waals surface area (Å²) in [6, 6.07) is 0.339. The van der Waals surface area contributed by atoms with Crippen molar-refractivity contribution < 1.29 is 44.8 Å². The largest absolute Gasteiger partial charge is 0.500 e. The maximum atomic E-state index is 13.5. The molecule has 12 heteroatoms. The number of ether oxygens (including phenoxy) is 1. The van der Waals surface area contributed by atoms with E-state index >= 15 is 0 Å². The van der Waals surface area contributed by atoms with E-state index in [9.17, 15) is 26.7 Å². The average molecular weight is 431 g/mol. The lowest BCUT2D eigenvalue weighted by atomic mass is 10.2. The Kier molecular flexibility index (Phi) is 9.79. The Labute approximate surface area is 160 Å². The van der Waals surface area contributed by atoms with Crippen LogP contribution in [0.1, 0.15) is 27.2 Å². The molecular weight excluding hydrogens is 409 g/mol. The van der Waals surface area contributed by atoms with Gasteiger partial charge in [-0.15, -0.1) is 0 Å². The Morgan fingerprint density at radius 2 is 1.25 bits per heavy atom. The lowest BCUT2D eigenvalue weighted by molar-refractivity contribution is 0.0708. The molecule has 0 aliphatic heterocycles. The molecule has 0 bridgehead atoms. The topological polar surface area (TPSA) is 66.0 Å². The number of benzene rings is 1. The minimum atomic E-state index is -2.93. The molecule has 0 atom stereocenters. The number of hydrogen-bond donors (Lipinski definition) is 1. The molecule has 1 aromatic rings. The predicted octanol–water partition coefficient (Wildman–Crippen LogP) is 3.91. The zero-order valence-electron chi connectivity index (χ0n) is 15.7. The van der Waals surface area contributed by atoms with Crippen molar-refractivity contribution in [2.45, 2.75) is 33.2 Å². The van der Waals surface area contributed by atoms with Gasteiger partial charge in [-0.1, -0.05) is 0 Å². The van der Waals surface area contributed by atoms with Crippen LogP contribution in [0.2, 0.25) is 6.04 Å². The molecule has 0 aromatic heterocycles. The van der Waals surface area contributed by atoms with Gasteiger partial charge < -0.3 is 23.3 Å². The van der Waals surface area contributed by atoms with Gasteiger partial charge in [-0.3, -0.25) is 0 Å². The molecule has 0 fully saturated rings. The summed E-state index contributed by atoms with van der Waals surface area (Å²) >= 11 is 0. The number of amides is 1. The molecule has 1 amide bonds. The van der Waals surface area contributed by atoms with Gasteiger partial charge >= 0.3 is 14.9 Å². The van der Waals surface area contributed by atoms with Gasteiger partial charge in [0.25, 0.3) is 0 Å². The summed E-state index contributed by atoms with van der Waals surface area (Å²) in [6.45, 7) is 6.39. The highest BCUT2D eigenvalue weighted by atomic mass is 28.4. The average Bonchev–Trinajstić information content (AvgIpc) is 2.66. The Balaban J connectivity index is 2.66. The van der Waals surface area contributed by atoms with Crippen LogP contribution in [0.4, 0.5) is 26.7 Å². The highest BCUT2D eigenvalue weighted by Gasteiger charge is 2.39. The highest BCUT2D eigenvalue weighted by molar-refractivity contribution is 6.60. The summed E-state index contributed by atoms with van der Waals surface area (Å²) in [4.78, 5) is 11.6. The third kappa shape index (κ3) is 6.12. The summed E-state index contributed by atoms with van der Waals surface area (Å²) in [5.41, 5.74) is 0. The van der Waals surface area contributed by atoms with Crippen LogP contribution >= 0.6 is 0 Å². The molecule has 1 aromatic carbocycles. The fourth-order valence-corrected chi connectivity index (χ4v) is 4.91. The minimum Gasteiger partial charge on any atom is -0.404 e. The molecule has 1 N–H and O–H groups in total. The van der Waals surface area contributed by atoms with Crippen molar-refractivity contribution in [2.24, 2.45) is 0 Å². The fraction of sp³-hybridized carbons (Fsp3) is 0.562. The molecule has 0 saturated carbocycles. The first-order chi connectivity index (χ1) is 13.2. The summed E-state index contributed by atoms with van der Waals surface area (Å²) in [6.07, 6.45) is -1.07. The number of rotatable bonds is 11. The van der Waals surface area contributed by atoms with E-state index in [2.05, 4.69) is 10.1 Å². The van der Waals surface area contributed by atoms with Gasteiger partial charge in [-0.05, 0) is 27.2 Å². The van der Waals surface area contributed by atoms with Crippen LogP contribution in [-0.4, -0.2) is 41.3 Å². The Hall–Kier alpha value is -1.76. The van der Waals surface area contributed by atoms with Crippen LogP contribution in [0.3, 0.4) is 0 Å². The molecule has 0 heterocycles. The van der Waals surface area contributed by atoms with E-state index in [0.29, 0.717) is 32.3 Å². The first-order valence-electron chi connectivity index (χ1n) is 8.61. The molecule has 0 spiro atoms. The van der Waals surface area contributed by atoms with Gasteiger partial charge in [0, 0.05) is 32.4 Å². The van der Waals surface area contributed by atoms with Crippen LogP contribution in [0.25, 0.3) is 0 Å². The Bertz CT molecular complexity index is 633. The highest BCUT2D eigenvalue weighted by Crippen LogP contribution is 2.29. The fourth-order valence-electron chi connectivity index (χ4n) is 2.30. The summed E-state index contributed by atoms with van der Waals surface area (Å²) in [7, 11) is -2.93. The SMILES string of the molecule is CCO[Si](CCCNC(=O)Oc1c(F)c(F)c(F)c(F)c1F)(OCC)OCC. The van der Waals surface area contributed by atoms with E-state index in [1.165, 1.54) is 0 Å².